The van der Waals surface area contributed by atoms with E-state index in [1.807, 2.05) is 0 Å². The van der Waals surface area contributed by atoms with Crippen LogP contribution < -0.4 is 4.74 Å². The van der Waals surface area contributed by atoms with E-state index in [0.717, 1.165) is 12.3 Å². The van der Waals surface area contributed by atoms with Crippen molar-refractivity contribution < 1.29 is 14.6 Å². The van der Waals surface area contributed by atoms with Crippen LogP contribution >= 0.6 is 0 Å². The molecule has 2 aromatic rings. The Hall–Kier alpha value is -2.07. The van der Waals surface area contributed by atoms with E-state index in [4.69, 9.17) is 9.84 Å². The van der Waals surface area contributed by atoms with Gasteiger partial charge in [0.15, 0.2) is 0 Å². The number of carboxylic acid groups (broad SMARTS) is 1. The summed E-state index contributed by atoms with van der Waals surface area (Å²) in [6, 6.07) is 12.9. The van der Waals surface area contributed by atoms with Crippen LogP contribution in [0, 0.1) is 11.3 Å². The van der Waals surface area contributed by atoms with Gasteiger partial charge >= 0.3 is 5.97 Å². The van der Waals surface area contributed by atoms with E-state index < -0.39 is 5.97 Å². The molecule has 1 heterocycles. The van der Waals surface area contributed by atoms with Crippen molar-refractivity contribution in [1.82, 2.24) is 4.90 Å². The van der Waals surface area contributed by atoms with Crippen molar-refractivity contribution in [3.63, 3.8) is 0 Å². The normalized spacial score (nSPS) is 22.8. The first kappa shape index (κ1) is 19.9. The molecule has 1 N–H and O–H groups in total. The van der Waals surface area contributed by atoms with Crippen LogP contribution in [0.5, 0.6) is 5.75 Å². The lowest BCUT2D eigenvalue weighted by atomic mass is 9.65. The van der Waals surface area contributed by atoms with Gasteiger partial charge in [-0.15, -0.1) is 0 Å². The summed E-state index contributed by atoms with van der Waals surface area (Å²) in [7, 11) is 0. The molecule has 1 saturated heterocycles. The molecule has 2 aliphatic carbocycles. The molecular formula is C26H33NO3. The van der Waals surface area contributed by atoms with Gasteiger partial charge in [-0.05, 0) is 67.0 Å². The molecular weight excluding hydrogens is 374 g/mol. The third-order valence-corrected chi connectivity index (χ3v) is 7.80. The van der Waals surface area contributed by atoms with Crippen LogP contribution in [0.4, 0.5) is 0 Å². The van der Waals surface area contributed by atoms with Gasteiger partial charge in [-0.3, -0.25) is 9.69 Å². The summed E-state index contributed by atoms with van der Waals surface area (Å²) in [5.41, 5.74) is 1.83. The molecule has 2 aromatic carbocycles. The minimum atomic E-state index is -0.679. The highest BCUT2D eigenvalue weighted by Crippen LogP contribution is 2.48. The summed E-state index contributed by atoms with van der Waals surface area (Å²) < 4.78 is 6.62. The van der Waals surface area contributed by atoms with E-state index in [-0.39, 0.29) is 5.92 Å². The van der Waals surface area contributed by atoms with Crippen molar-refractivity contribution >= 4 is 16.7 Å². The second kappa shape index (κ2) is 8.22. The average Bonchev–Trinajstić information content (AvgIpc) is 2.72. The van der Waals surface area contributed by atoms with Crippen LogP contribution in [0.25, 0.3) is 10.8 Å². The topological polar surface area (TPSA) is 49.8 Å². The highest BCUT2D eigenvalue weighted by Gasteiger charge is 2.37. The van der Waals surface area contributed by atoms with Crippen LogP contribution in [0.3, 0.4) is 0 Å². The van der Waals surface area contributed by atoms with Crippen LogP contribution in [0.2, 0.25) is 0 Å². The lowest BCUT2D eigenvalue weighted by molar-refractivity contribution is -0.147. The zero-order chi connectivity index (χ0) is 20.6. The van der Waals surface area contributed by atoms with Crippen LogP contribution in [-0.2, 0) is 11.3 Å². The lowest BCUT2D eigenvalue weighted by Crippen LogP contribution is -2.49. The van der Waals surface area contributed by atoms with Crippen LogP contribution in [0.1, 0.15) is 63.4 Å². The van der Waals surface area contributed by atoms with Crippen molar-refractivity contribution in [2.24, 2.45) is 11.3 Å². The maximum Gasteiger partial charge on any atom is 0.309 e. The molecule has 0 aromatic heterocycles. The first-order valence-electron chi connectivity index (χ1n) is 11.7. The number of hydrogen-bond donors (Lipinski definition) is 1. The molecule has 1 spiro atoms. The molecule has 0 atom stereocenters. The Kier molecular flexibility index (Phi) is 5.44. The number of ether oxygens (including phenoxy) is 1. The Bertz CT molecular complexity index is 902. The Labute approximate surface area is 179 Å². The first-order valence-corrected chi connectivity index (χ1v) is 11.7. The number of fused-ring (bicyclic) bond motifs is 1. The number of carbonyl (C=O) groups is 1. The minimum absolute atomic E-state index is 0.212. The summed E-state index contributed by atoms with van der Waals surface area (Å²) in [6.07, 6.45) is 12.4. The summed E-state index contributed by atoms with van der Waals surface area (Å²) in [5, 5.41) is 11.5. The van der Waals surface area contributed by atoms with Gasteiger partial charge in [-0.2, -0.15) is 0 Å². The van der Waals surface area contributed by atoms with E-state index in [9.17, 15) is 4.79 Å². The number of hydrogen-bond acceptors (Lipinski definition) is 3. The summed E-state index contributed by atoms with van der Waals surface area (Å²) in [6.45, 7) is 2.07. The van der Waals surface area contributed by atoms with Gasteiger partial charge in [0.1, 0.15) is 5.75 Å². The molecule has 0 bridgehead atoms. The van der Waals surface area contributed by atoms with Gasteiger partial charge in [-0.25, -0.2) is 0 Å². The third kappa shape index (κ3) is 4.07. The summed E-state index contributed by atoms with van der Waals surface area (Å²) >= 11 is 0. The maximum atomic E-state index is 11.1. The second-order valence-corrected chi connectivity index (χ2v) is 9.92. The quantitative estimate of drug-likeness (QED) is 0.698. The van der Waals surface area contributed by atoms with Gasteiger partial charge in [0.2, 0.25) is 0 Å². The van der Waals surface area contributed by atoms with Crippen molar-refractivity contribution in [3.8, 4) is 5.75 Å². The summed E-state index contributed by atoms with van der Waals surface area (Å²) in [5.74, 6) is 0.111. The van der Waals surface area contributed by atoms with E-state index in [2.05, 4.69) is 41.3 Å². The lowest BCUT2D eigenvalue weighted by Gasteiger charge is -2.43. The van der Waals surface area contributed by atoms with Gasteiger partial charge in [0.25, 0.3) is 0 Å². The fourth-order valence-corrected chi connectivity index (χ4v) is 5.94. The zero-order valence-electron chi connectivity index (χ0n) is 17.8. The van der Waals surface area contributed by atoms with E-state index in [1.165, 1.54) is 74.1 Å². The molecule has 5 rings (SSSR count). The smallest absolute Gasteiger partial charge is 0.309 e. The van der Waals surface area contributed by atoms with Crippen molar-refractivity contribution in [2.45, 2.75) is 70.4 Å². The van der Waals surface area contributed by atoms with Crippen molar-refractivity contribution in [1.29, 1.82) is 0 Å². The number of rotatable bonds is 5. The number of likely N-dealkylation sites (tertiary alicyclic amines) is 1. The third-order valence-electron chi connectivity index (χ3n) is 7.80. The van der Waals surface area contributed by atoms with E-state index in [0.29, 0.717) is 24.6 Å². The zero-order valence-corrected chi connectivity index (χ0v) is 17.8. The number of nitrogens with zero attached hydrogens (tertiary/aromatic N) is 1. The number of carboxylic acids is 1. The molecule has 2 saturated carbocycles. The monoisotopic (exact) mass is 407 g/mol. The van der Waals surface area contributed by atoms with E-state index >= 15 is 0 Å². The van der Waals surface area contributed by atoms with Gasteiger partial charge in [0, 0.05) is 25.0 Å². The van der Waals surface area contributed by atoms with Crippen LogP contribution in [-0.4, -0.2) is 35.2 Å². The standard InChI is InChI=1S/C26H33NO3/c28-25(29)21-17-27(18-21)16-19-14-20-6-2-3-7-23(20)24(15-19)30-22-8-12-26(13-9-22)10-4-1-5-11-26/h2-3,6-7,14-15,21-22H,1,4-5,8-13,16-18H2,(H,28,29). The fraction of sp³-hybridized carbons (Fsp3) is 0.577. The molecule has 160 valence electrons. The molecule has 1 aliphatic heterocycles. The Morgan fingerprint density at radius 2 is 1.77 bits per heavy atom. The van der Waals surface area contributed by atoms with Gasteiger partial charge in [-0.1, -0.05) is 43.5 Å². The van der Waals surface area contributed by atoms with Gasteiger partial charge < -0.3 is 9.84 Å². The predicted octanol–water partition coefficient (Wildman–Crippen LogP) is 5.63. The number of aliphatic carboxylic acids is 1. The Morgan fingerprint density at radius 3 is 2.50 bits per heavy atom. The highest BCUT2D eigenvalue weighted by molar-refractivity contribution is 5.89. The molecule has 0 amide bonds. The Balaban J connectivity index is 1.29. The molecule has 4 nitrogen and oxygen atoms in total. The highest BCUT2D eigenvalue weighted by atomic mass is 16.5. The minimum Gasteiger partial charge on any atom is -0.490 e. The molecule has 3 aliphatic rings. The van der Waals surface area contributed by atoms with Crippen molar-refractivity contribution in [2.75, 3.05) is 13.1 Å². The molecule has 4 heteroatoms. The number of benzene rings is 2. The van der Waals surface area contributed by atoms with Gasteiger partial charge in [0.05, 0.1) is 12.0 Å². The molecule has 3 fully saturated rings. The van der Waals surface area contributed by atoms with Crippen molar-refractivity contribution in [3.05, 3.63) is 42.0 Å². The molecule has 0 unspecified atom stereocenters. The van der Waals surface area contributed by atoms with E-state index in [1.54, 1.807) is 0 Å². The molecule has 0 radical (unpaired) electrons. The second-order valence-electron chi connectivity index (χ2n) is 9.92. The average molecular weight is 408 g/mol. The Morgan fingerprint density at radius 1 is 1.03 bits per heavy atom. The molecule has 30 heavy (non-hydrogen) atoms. The SMILES string of the molecule is O=C(O)C1CN(Cc2cc(OC3CCC4(CCCCC4)CC3)c3ccccc3c2)C1. The summed E-state index contributed by atoms with van der Waals surface area (Å²) in [4.78, 5) is 13.3. The maximum absolute atomic E-state index is 11.1. The fourth-order valence-electron chi connectivity index (χ4n) is 5.94. The first-order chi connectivity index (χ1) is 14.6. The van der Waals surface area contributed by atoms with Crippen LogP contribution in [0.15, 0.2) is 36.4 Å². The predicted molar refractivity (Wildman–Crippen MR) is 119 cm³/mol. The largest absolute Gasteiger partial charge is 0.490 e.